The number of anilines is 1. The van der Waals surface area contributed by atoms with Gasteiger partial charge in [-0.25, -0.2) is 0 Å². The van der Waals surface area contributed by atoms with Crippen molar-refractivity contribution < 1.29 is 9.90 Å². The molecule has 1 aromatic carbocycles. The van der Waals surface area contributed by atoms with E-state index in [1.165, 1.54) is 5.69 Å². The number of carboxylic acids is 1. The molecular weight excluding hydrogens is 264 g/mol. The fourth-order valence-corrected chi connectivity index (χ4v) is 3.18. The monoisotopic (exact) mass is 290 g/mol. The van der Waals surface area contributed by atoms with Crippen LogP contribution in [0.15, 0.2) is 30.3 Å². The van der Waals surface area contributed by atoms with E-state index < -0.39 is 5.97 Å². The first-order chi connectivity index (χ1) is 10.1. The van der Waals surface area contributed by atoms with Crippen molar-refractivity contribution in [1.29, 1.82) is 0 Å². The SMILES string of the molecule is CC(C)N(CCC(=O)O)C1CCN(c2ccccc2)CC1. The molecule has 116 valence electrons. The zero-order valence-corrected chi connectivity index (χ0v) is 13.0. The Bertz CT molecular complexity index is 439. The van der Waals surface area contributed by atoms with Gasteiger partial charge in [0.05, 0.1) is 6.42 Å². The van der Waals surface area contributed by atoms with Gasteiger partial charge in [-0.2, -0.15) is 0 Å². The molecule has 0 unspecified atom stereocenters. The second kappa shape index (κ2) is 7.46. The number of nitrogens with zero attached hydrogens (tertiary/aromatic N) is 2. The van der Waals surface area contributed by atoms with Gasteiger partial charge in [0.15, 0.2) is 0 Å². The van der Waals surface area contributed by atoms with Crippen LogP contribution >= 0.6 is 0 Å². The molecule has 1 heterocycles. The van der Waals surface area contributed by atoms with E-state index in [4.69, 9.17) is 5.11 Å². The first-order valence-electron chi connectivity index (χ1n) is 7.85. The molecule has 0 spiro atoms. The predicted molar refractivity (Wildman–Crippen MR) is 85.8 cm³/mol. The Labute approximate surface area is 127 Å². The lowest BCUT2D eigenvalue weighted by molar-refractivity contribution is -0.137. The minimum absolute atomic E-state index is 0.233. The Hall–Kier alpha value is -1.55. The number of rotatable bonds is 6. The highest BCUT2D eigenvalue weighted by molar-refractivity contribution is 5.66. The summed E-state index contributed by atoms with van der Waals surface area (Å²) in [4.78, 5) is 15.6. The Kier molecular flexibility index (Phi) is 5.62. The molecule has 1 aliphatic heterocycles. The average Bonchev–Trinajstić information content (AvgIpc) is 2.48. The van der Waals surface area contributed by atoms with Crippen LogP contribution in [0.4, 0.5) is 5.69 Å². The van der Waals surface area contributed by atoms with Crippen LogP contribution in [0.1, 0.15) is 33.1 Å². The van der Waals surface area contributed by atoms with Gasteiger partial charge in [-0.05, 0) is 38.8 Å². The largest absolute Gasteiger partial charge is 0.481 e. The van der Waals surface area contributed by atoms with E-state index in [2.05, 4.69) is 47.9 Å². The van der Waals surface area contributed by atoms with Crippen LogP contribution in [0.3, 0.4) is 0 Å². The van der Waals surface area contributed by atoms with Crippen molar-refractivity contribution >= 4 is 11.7 Å². The second-order valence-electron chi connectivity index (χ2n) is 6.03. The molecule has 0 atom stereocenters. The summed E-state index contributed by atoms with van der Waals surface area (Å²) in [5, 5.41) is 8.90. The van der Waals surface area contributed by atoms with Gasteiger partial charge in [0.2, 0.25) is 0 Å². The molecule has 4 heteroatoms. The molecular formula is C17H26N2O2. The molecule has 2 rings (SSSR count). The summed E-state index contributed by atoms with van der Waals surface area (Å²) in [5.41, 5.74) is 1.29. The van der Waals surface area contributed by atoms with Gasteiger partial charge >= 0.3 is 5.97 Å². The van der Waals surface area contributed by atoms with Gasteiger partial charge in [-0.1, -0.05) is 18.2 Å². The Morgan fingerprint density at radius 2 is 1.90 bits per heavy atom. The third kappa shape index (κ3) is 4.46. The highest BCUT2D eigenvalue weighted by atomic mass is 16.4. The molecule has 1 N–H and O–H groups in total. The van der Waals surface area contributed by atoms with Gasteiger partial charge in [-0.3, -0.25) is 9.69 Å². The molecule has 4 nitrogen and oxygen atoms in total. The van der Waals surface area contributed by atoms with Crippen molar-refractivity contribution in [3.05, 3.63) is 30.3 Å². The van der Waals surface area contributed by atoms with E-state index in [0.717, 1.165) is 25.9 Å². The van der Waals surface area contributed by atoms with Crippen LogP contribution in [-0.2, 0) is 4.79 Å². The smallest absolute Gasteiger partial charge is 0.304 e. The van der Waals surface area contributed by atoms with E-state index >= 15 is 0 Å². The second-order valence-corrected chi connectivity index (χ2v) is 6.03. The zero-order chi connectivity index (χ0) is 15.2. The first-order valence-corrected chi connectivity index (χ1v) is 7.85. The Morgan fingerprint density at radius 3 is 2.43 bits per heavy atom. The highest BCUT2D eigenvalue weighted by Gasteiger charge is 2.26. The first kappa shape index (κ1) is 15.8. The Balaban J connectivity index is 1.90. The van der Waals surface area contributed by atoms with E-state index in [1.807, 2.05) is 6.07 Å². The normalized spacial score (nSPS) is 16.7. The van der Waals surface area contributed by atoms with Crippen LogP contribution in [0, 0.1) is 0 Å². The van der Waals surface area contributed by atoms with E-state index in [9.17, 15) is 4.79 Å². The minimum Gasteiger partial charge on any atom is -0.481 e. The lowest BCUT2D eigenvalue weighted by atomic mass is 10.0. The molecule has 1 saturated heterocycles. The molecule has 1 aromatic rings. The molecule has 1 aliphatic rings. The lowest BCUT2D eigenvalue weighted by Gasteiger charge is -2.41. The van der Waals surface area contributed by atoms with Crippen molar-refractivity contribution in [3.63, 3.8) is 0 Å². The predicted octanol–water partition coefficient (Wildman–Crippen LogP) is 2.84. The van der Waals surface area contributed by atoms with E-state index in [1.54, 1.807) is 0 Å². The molecule has 0 radical (unpaired) electrons. The van der Waals surface area contributed by atoms with E-state index in [0.29, 0.717) is 18.6 Å². The fourth-order valence-electron chi connectivity index (χ4n) is 3.18. The standard InChI is InChI=1S/C17H26N2O2/c1-14(2)19(13-10-17(20)21)16-8-11-18(12-9-16)15-6-4-3-5-7-15/h3-7,14,16H,8-13H2,1-2H3,(H,20,21). The van der Waals surface area contributed by atoms with Crippen LogP contribution in [0.5, 0.6) is 0 Å². The molecule has 0 aliphatic carbocycles. The summed E-state index contributed by atoms with van der Waals surface area (Å²) in [6.45, 7) is 7.07. The molecule has 0 aromatic heterocycles. The lowest BCUT2D eigenvalue weighted by Crippen LogP contribution is -2.48. The minimum atomic E-state index is -0.706. The summed E-state index contributed by atoms with van der Waals surface area (Å²) in [7, 11) is 0. The van der Waals surface area contributed by atoms with Crippen LogP contribution in [0.2, 0.25) is 0 Å². The van der Waals surface area contributed by atoms with Crippen LogP contribution in [-0.4, -0.2) is 47.7 Å². The summed E-state index contributed by atoms with van der Waals surface area (Å²) >= 11 is 0. The summed E-state index contributed by atoms with van der Waals surface area (Å²) in [6.07, 6.45) is 2.44. The maximum absolute atomic E-state index is 10.8. The third-order valence-corrected chi connectivity index (χ3v) is 4.30. The number of hydrogen-bond acceptors (Lipinski definition) is 3. The molecule has 0 bridgehead atoms. The molecule has 0 saturated carbocycles. The van der Waals surface area contributed by atoms with Gasteiger partial charge in [0.1, 0.15) is 0 Å². The quantitative estimate of drug-likeness (QED) is 0.875. The number of aliphatic carboxylic acids is 1. The van der Waals surface area contributed by atoms with Crippen molar-refractivity contribution in [2.45, 2.75) is 45.2 Å². The topological polar surface area (TPSA) is 43.8 Å². The number of benzene rings is 1. The number of carbonyl (C=O) groups is 1. The van der Waals surface area contributed by atoms with Crippen molar-refractivity contribution in [2.24, 2.45) is 0 Å². The third-order valence-electron chi connectivity index (χ3n) is 4.30. The number of piperidine rings is 1. The molecule has 0 amide bonds. The number of hydrogen-bond donors (Lipinski definition) is 1. The number of para-hydroxylation sites is 1. The van der Waals surface area contributed by atoms with Crippen LogP contribution < -0.4 is 4.90 Å². The maximum Gasteiger partial charge on any atom is 0.304 e. The van der Waals surface area contributed by atoms with Gasteiger partial charge in [0.25, 0.3) is 0 Å². The number of carboxylic acid groups (broad SMARTS) is 1. The molecule has 21 heavy (non-hydrogen) atoms. The fraction of sp³-hybridized carbons (Fsp3) is 0.588. The summed E-state index contributed by atoms with van der Waals surface area (Å²) in [5.74, 6) is -0.706. The van der Waals surface area contributed by atoms with Crippen LogP contribution in [0.25, 0.3) is 0 Å². The summed E-state index contributed by atoms with van der Waals surface area (Å²) < 4.78 is 0. The van der Waals surface area contributed by atoms with Crippen molar-refractivity contribution in [1.82, 2.24) is 4.90 Å². The Morgan fingerprint density at radius 1 is 1.29 bits per heavy atom. The molecule has 1 fully saturated rings. The van der Waals surface area contributed by atoms with E-state index in [-0.39, 0.29) is 6.42 Å². The zero-order valence-electron chi connectivity index (χ0n) is 13.0. The van der Waals surface area contributed by atoms with Crippen molar-refractivity contribution in [2.75, 3.05) is 24.5 Å². The average molecular weight is 290 g/mol. The van der Waals surface area contributed by atoms with Gasteiger partial charge < -0.3 is 10.0 Å². The van der Waals surface area contributed by atoms with Crippen molar-refractivity contribution in [3.8, 4) is 0 Å². The maximum atomic E-state index is 10.8. The van der Waals surface area contributed by atoms with Gasteiger partial charge in [0, 0.05) is 37.4 Å². The van der Waals surface area contributed by atoms with Gasteiger partial charge in [-0.15, -0.1) is 0 Å². The summed E-state index contributed by atoms with van der Waals surface area (Å²) in [6, 6.07) is 11.4. The highest BCUT2D eigenvalue weighted by Crippen LogP contribution is 2.23.